The molecule has 2 amide bonds. The Balaban J connectivity index is 1.43. The summed E-state index contributed by atoms with van der Waals surface area (Å²) in [5.41, 5.74) is 1.63. The van der Waals surface area contributed by atoms with Crippen LogP contribution in [0.5, 0.6) is 17.2 Å². The molecule has 0 aliphatic carbocycles. The number of amides is 2. The van der Waals surface area contributed by atoms with E-state index in [4.69, 9.17) is 0 Å². The van der Waals surface area contributed by atoms with E-state index in [1.165, 1.54) is 0 Å². The van der Waals surface area contributed by atoms with Crippen molar-refractivity contribution in [3.63, 3.8) is 0 Å². The molecule has 0 unspecified atom stereocenters. The van der Waals surface area contributed by atoms with E-state index in [1.807, 2.05) is 41.2 Å². The van der Waals surface area contributed by atoms with Crippen molar-refractivity contribution in [2.75, 3.05) is 26.2 Å². The first-order chi connectivity index (χ1) is 14.9. The van der Waals surface area contributed by atoms with E-state index in [0.29, 0.717) is 38.2 Å². The summed E-state index contributed by atoms with van der Waals surface area (Å²) in [6.07, 6.45) is 4.48. The van der Waals surface area contributed by atoms with Crippen molar-refractivity contribution < 1.29 is 24.9 Å². The lowest BCUT2D eigenvalue weighted by atomic mass is 10.1. The van der Waals surface area contributed by atoms with Crippen LogP contribution in [0.1, 0.15) is 27.1 Å². The fraction of sp³-hybridized carbons (Fsp3) is 0.217. The lowest BCUT2D eigenvalue weighted by Gasteiger charge is -2.22. The van der Waals surface area contributed by atoms with E-state index in [2.05, 4.69) is 0 Å². The van der Waals surface area contributed by atoms with Crippen molar-refractivity contribution in [2.45, 2.75) is 6.42 Å². The highest BCUT2D eigenvalue weighted by Crippen LogP contribution is 2.35. The number of phenolic OH excluding ortho intramolecular Hbond substituents is 3. The number of rotatable bonds is 3. The topological polar surface area (TPSA) is 106 Å². The van der Waals surface area contributed by atoms with Crippen LogP contribution in [0, 0.1) is 0 Å². The van der Waals surface area contributed by atoms with Crippen molar-refractivity contribution in [1.82, 2.24) is 14.4 Å². The Morgan fingerprint density at radius 2 is 1.23 bits per heavy atom. The quantitative estimate of drug-likeness (QED) is 0.564. The molecule has 1 aliphatic rings. The Morgan fingerprint density at radius 3 is 1.77 bits per heavy atom. The first-order valence-electron chi connectivity index (χ1n) is 10.0. The molecule has 31 heavy (non-hydrogen) atoms. The predicted octanol–water partition coefficient (Wildman–Crippen LogP) is 2.58. The van der Waals surface area contributed by atoms with Gasteiger partial charge in [-0.2, -0.15) is 0 Å². The van der Waals surface area contributed by atoms with Crippen molar-refractivity contribution in [3.05, 3.63) is 72.1 Å². The lowest BCUT2D eigenvalue weighted by Crippen LogP contribution is -2.37. The maximum atomic E-state index is 12.9. The van der Waals surface area contributed by atoms with Gasteiger partial charge in [0.05, 0.1) is 0 Å². The Morgan fingerprint density at radius 1 is 0.710 bits per heavy atom. The predicted molar refractivity (Wildman–Crippen MR) is 114 cm³/mol. The van der Waals surface area contributed by atoms with Crippen molar-refractivity contribution in [2.24, 2.45) is 0 Å². The number of carbonyl (C=O) groups is 2. The van der Waals surface area contributed by atoms with Gasteiger partial charge in [0.15, 0.2) is 17.2 Å². The van der Waals surface area contributed by atoms with E-state index in [-0.39, 0.29) is 17.4 Å². The third kappa shape index (κ3) is 4.18. The third-order valence-electron chi connectivity index (χ3n) is 5.40. The van der Waals surface area contributed by atoms with Crippen LogP contribution in [0.3, 0.4) is 0 Å². The normalized spacial score (nSPS) is 14.3. The monoisotopic (exact) mass is 421 g/mol. The second kappa shape index (κ2) is 8.43. The van der Waals surface area contributed by atoms with Crippen LogP contribution in [0.25, 0.3) is 5.69 Å². The van der Waals surface area contributed by atoms with Gasteiger partial charge in [-0.25, -0.2) is 0 Å². The van der Waals surface area contributed by atoms with Gasteiger partial charge in [-0.15, -0.1) is 0 Å². The minimum Gasteiger partial charge on any atom is -0.504 e. The molecule has 3 N–H and O–H groups in total. The van der Waals surface area contributed by atoms with Gasteiger partial charge in [-0.3, -0.25) is 9.59 Å². The Labute approximate surface area is 179 Å². The Bertz CT molecular complexity index is 1070. The molecule has 0 atom stereocenters. The summed E-state index contributed by atoms with van der Waals surface area (Å²) >= 11 is 0. The summed E-state index contributed by atoms with van der Waals surface area (Å²) in [6.45, 7) is 1.67. The zero-order chi connectivity index (χ0) is 22.0. The minimum absolute atomic E-state index is 0.0770. The van der Waals surface area contributed by atoms with Gasteiger partial charge in [0.2, 0.25) is 0 Å². The summed E-state index contributed by atoms with van der Waals surface area (Å²) in [4.78, 5) is 29.0. The molecule has 0 radical (unpaired) electrons. The zero-order valence-electron chi connectivity index (χ0n) is 16.8. The van der Waals surface area contributed by atoms with Gasteiger partial charge in [0.25, 0.3) is 11.8 Å². The second-order valence-electron chi connectivity index (χ2n) is 7.44. The average molecular weight is 421 g/mol. The number of phenols is 3. The van der Waals surface area contributed by atoms with Crippen LogP contribution in [0.15, 0.2) is 60.9 Å². The number of hydrogen-bond acceptors (Lipinski definition) is 5. The highest BCUT2D eigenvalue weighted by molar-refractivity contribution is 5.96. The van der Waals surface area contributed by atoms with Gasteiger partial charge in [-0.05, 0) is 55.0 Å². The number of carbonyl (C=O) groups excluding carboxylic acids is 2. The third-order valence-corrected chi connectivity index (χ3v) is 5.40. The van der Waals surface area contributed by atoms with Gasteiger partial charge >= 0.3 is 0 Å². The molecule has 0 bridgehead atoms. The van der Waals surface area contributed by atoms with E-state index in [0.717, 1.165) is 17.8 Å². The van der Waals surface area contributed by atoms with Crippen molar-refractivity contribution >= 4 is 11.8 Å². The summed E-state index contributed by atoms with van der Waals surface area (Å²) in [5.74, 6) is -2.24. The van der Waals surface area contributed by atoms with E-state index >= 15 is 0 Å². The molecule has 1 aliphatic heterocycles. The van der Waals surface area contributed by atoms with Crippen molar-refractivity contribution in [3.8, 4) is 22.9 Å². The van der Waals surface area contributed by atoms with E-state index in [9.17, 15) is 24.9 Å². The first-order valence-corrected chi connectivity index (χ1v) is 10.0. The molecule has 1 saturated heterocycles. The van der Waals surface area contributed by atoms with Gasteiger partial charge < -0.3 is 29.7 Å². The SMILES string of the molecule is O=C(c1ccc(-n2cccc2)cc1)N1CCCN(C(=O)c2cc(O)c(O)c(O)c2)CC1. The van der Waals surface area contributed by atoms with Crippen molar-refractivity contribution in [1.29, 1.82) is 0 Å². The largest absolute Gasteiger partial charge is 0.504 e. The van der Waals surface area contributed by atoms with Crippen LogP contribution in [-0.2, 0) is 0 Å². The standard InChI is InChI=1S/C23H23N3O5/c27-19-14-17(15-20(28)21(19)29)23(31)26-11-3-10-25(12-13-26)22(30)16-4-6-18(7-5-16)24-8-1-2-9-24/h1-2,4-9,14-15,27-29H,3,10-13H2. The van der Waals surface area contributed by atoms with Crippen LogP contribution in [-0.4, -0.2) is 67.7 Å². The molecule has 1 fully saturated rings. The smallest absolute Gasteiger partial charge is 0.254 e. The van der Waals surface area contributed by atoms with Crippen LogP contribution in [0.4, 0.5) is 0 Å². The molecule has 4 rings (SSSR count). The van der Waals surface area contributed by atoms with Crippen LogP contribution >= 0.6 is 0 Å². The van der Waals surface area contributed by atoms with Crippen LogP contribution in [0.2, 0.25) is 0 Å². The molecular formula is C23H23N3O5. The minimum atomic E-state index is -0.660. The highest BCUT2D eigenvalue weighted by Gasteiger charge is 2.25. The van der Waals surface area contributed by atoms with E-state index < -0.39 is 17.2 Å². The first kappa shape index (κ1) is 20.3. The molecule has 2 heterocycles. The number of aromatic hydroxyl groups is 3. The summed E-state index contributed by atoms with van der Waals surface area (Å²) < 4.78 is 1.96. The molecule has 160 valence electrons. The van der Waals surface area contributed by atoms with Crippen LogP contribution < -0.4 is 0 Å². The molecular weight excluding hydrogens is 398 g/mol. The molecule has 3 aromatic rings. The van der Waals surface area contributed by atoms with Gasteiger partial charge in [0, 0.05) is 55.4 Å². The Kier molecular flexibility index (Phi) is 5.53. The number of nitrogens with zero attached hydrogens (tertiary/aromatic N) is 3. The maximum absolute atomic E-state index is 12.9. The zero-order valence-corrected chi connectivity index (χ0v) is 16.8. The average Bonchev–Trinajstić information content (AvgIpc) is 3.21. The summed E-state index contributed by atoms with van der Waals surface area (Å²) in [7, 11) is 0. The second-order valence-corrected chi connectivity index (χ2v) is 7.44. The lowest BCUT2D eigenvalue weighted by molar-refractivity contribution is 0.0718. The van der Waals surface area contributed by atoms with Gasteiger partial charge in [0.1, 0.15) is 0 Å². The van der Waals surface area contributed by atoms with Gasteiger partial charge in [-0.1, -0.05) is 0 Å². The fourth-order valence-electron chi connectivity index (χ4n) is 3.70. The number of hydrogen-bond donors (Lipinski definition) is 3. The molecule has 8 heteroatoms. The number of aromatic nitrogens is 1. The highest BCUT2D eigenvalue weighted by atomic mass is 16.3. The molecule has 2 aromatic carbocycles. The molecule has 8 nitrogen and oxygen atoms in total. The fourth-order valence-corrected chi connectivity index (χ4v) is 3.70. The maximum Gasteiger partial charge on any atom is 0.254 e. The molecule has 0 spiro atoms. The van der Waals surface area contributed by atoms with E-state index in [1.54, 1.807) is 21.9 Å². The molecule has 1 aromatic heterocycles. The summed E-state index contributed by atoms with van der Waals surface area (Å²) in [6, 6.07) is 13.5. The molecule has 0 saturated carbocycles. The summed E-state index contributed by atoms with van der Waals surface area (Å²) in [5, 5.41) is 28.8. The Hall–Kier alpha value is -3.94. The number of benzene rings is 2.